The SMILES string of the molecule is O=C(Cl)[C@@H](CCC(F)(F)F)NS(=O)(=O)c1ccc(Cl)cc1. The second kappa shape index (κ2) is 6.95. The number of hydrogen-bond donors (Lipinski definition) is 1. The zero-order valence-electron chi connectivity index (χ0n) is 10.3. The lowest BCUT2D eigenvalue weighted by molar-refractivity contribution is -0.137. The average molecular weight is 364 g/mol. The summed E-state index contributed by atoms with van der Waals surface area (Å²) in [6, 6.07) is 3.25. The molecule has 4 nitrogen and oxygen atoms in total. The quantitative estimate of drug-likeness (QED) is 0.789. The van der Waals surface area contributed by atoms with E-state index in [0.29, 0.717) is 0 Å². The van der Waals surface area contributed by atoms with Crippen molar-refractivity contribution in [2.24, 2.45) is 0 Å². The van der Waals surface area contributed by atoms with E-state index in [-0.39, 0.29) is 9.92 Å². The highest BCUT2D eigenvalue weighted by Crippen LogP contribution is 2.23. The Balaban J connectivity index is 2.87. The highest BCUT2D eigenvalue weighted by atomic mass is 35.5. The van der Waals surface area contributed by atoms with E-state index in [9.17, 15) is 26.4 Å². The van der Waals surface area contributed by atoms with Crippen molar-refractivity contribution in [1.29, 1.82) is 0 Å². The Hall–Kier alpha value is -0.830. The minimum Gasteiger partial charge on any atom is -0.279 e. The normalized spacial score (nSPS) is 14.0. The van der Waals surface area contributed by atoms with Gasteiger partial charge in [0, 0.05) is 11.4 Å². The van der Waals surface area contributed by atoms with E-state index in [4.69, 9.17) is 23.2 Å². The highest BCUT2D eigenvalue weighted by Gasteiger charge is 2.32. The van der Waals surface area contributed by atoms with Gasteiger partial charge in [0.25, 0.3) is 0 Å². The number of rotatable bonds is 6. The van der Waals surface area contributed by atoms with Gasteiger partial charge in [-0.3, -0.25) is 4.79 Å². The second-order valence-electron chi connectivity index (χ2n) is 4.09. The second-order valence-corrected chi connectivity index (χ2v) is 6.61. The molecular formula is C11H10Cl2F3NO3S. The third-order valence-electron chi connectivity index (χ3n) is 2.41. The summed E-state index contributed by atoms with van der Waals surface area (Å²) in [5.74, 6) is 0. The number of carbonyl (C=O) groups is 1. The molecule has 1 rings (SSSR count). The summed E-state index contributed by atoms with van der Waals surface area (Å²) in [4.78, 5) is 10.8. The Morgan fingerprint density at radius 2 is 1.76 bits per heavy atom. The van der Waals surface area contributed by atoms with Crippen molar-refractivity contribution >= 4 is 38.5 Å². The highest BCUT2D eigenvalue weighted by molar-refractivity contribution is 7.89. The van der Waals surface area contributed by atoms with E-state index in [0.717, 1.165) is 12.1 Å². The largest absolute Gasteiger partial charge is 0.389 e. The Bertz CT molecular complexity index is 602. The van der Waals surface area contributed by atoms with Crippen LogP contribution in [0.25, 0.3) is 0 Å². The van der Waals surface area contributed by atoms with E-state index in [1.807, 2.05) is 4.72 Å². The van der Waals surface area contributed by atoms with Crippen LogP contribution in [0.5, 0.6) is 0 Å². The molecule has 0 spiro atoms. The van der Waals surface area contributed by atoms with Crippen molar-refractivity contribution in [3.63, 3.8) is 0 Å². The molecule has 1 atom stereocenters. The van der Waals surface area contributed by atoms with Gasteiger partial charge in [-0.2, -0.15) is 17.9 Å². The van der Waals surface area contributed by atoms with E-state index in [2.05, 4.69) is 0 Å². The topological polar surface area (TPSA) is 63.2 Å². The van der Waals surface area contributed by atoms with Crippen LogP contribution in [-0.2, 0) is 14.8 Å². The van der Waals surface area contributed by atoms with Crippen LogP contribution in [0.1, 0.15) is 12.8 Å². The molecule has 0 fully saturated rings. The fraction of sp³-hybridized carbons (Fsp3) is 0.364. The Kier molecular flexibility index (Phi) is 6.03. The Morgan fingerprint density at radius 1 is 1.24 bits per heavy atom. The molecule has 0 unspecified atom stereocenters. The molecule has 0 saturated carbocycles. The van der Waals surface area contributed by atoms with Crippen molar-refractivity contribution in [2.75, 3.05) is 0 Å². The summed E-state index contributed by atoms with van der Waals surface area (Å²) < 4.78 is 62.1. The van der Waals surface area contributed by atoms with Gasteiger partial charge in [-0.1, -0.05) is 11.6 Å². The number of hydrogen-bond acceptors (Lipinski definition) is 3. The number of benzene rings is 1. The molecule has 0 bridgehead atoms. The monoisotopic (exact) mass is 363 g/mol. The Morgan fingerprint density at radius 3 is 2.19 bits per heavy atom. The van der Waals surface area contributed by atoms with Gasteiger partial charge in [0.2, 0.25) is 15.3 Å². The summed E-state index contributed by atoms with van der Waals surface area (Å²) >= 11 is 10.7. The Labute approximate surface area is 129 Å². The van der Waals surface area contributed by atoms with Crippen LogP contribution in [0.3, 0.4) is 0 Å². The van der Waals surface area contributed by atoms with Crippen LogP contribution in [-0.4, -0.2) is 25.9 Å². The number of nitrogens with one attached hydrogen (secondary N) is 1. The summed E-state index contributed by atoms with van der Waals surface area (Å²) in [6.07, 6.45) is -6.63. The first-order valence-electron chi connectivity index (χ1n) is 5.55. The average Bonchev–Trinajstić information content (AvgIpc) is 2.33. The summed E-state index contributed by atoms with van der Waals surface area (Å²) in [7, 11) is -4.17. The van der Waals surface area contributed by atoms with Crippen LogP contribution < -0.4 is 4.72 Å². The number of carbonyl (C=O) groups excluding carboxylic acids is 1. The maximum absolute atomic E-state index is 12.1. The van der Waals surface area contributed by atoms with Gasteiger partial charge < -0.3 is 0 Å². The fourth-order valence-corrected chi connectivity index (χ4v) is 2.98. The van der Waals surface area contributed by atoms with Gasteiger partial charge in [-0.25, -0.2) is 8.42 Å². The zero-order valence-corrected chi connectivity index (χ0v) is 12.7. The first-order valence-corrected chi connectivity index (χ1v) is 7.79. The number of halogens is 5. The molecule has 21 heavy (non-hydrogen) atoms. The third kappa shape index (κ3) is 6.21. The zero-order chi connectivity index (χ0) is 16.3. The minimum atomic E-state index is -4.52. The molecule has 0 radical (unpaired) electrons. The smallest absolute Gasteiger partial charge is 0.279 e. The van der Waals surface area contributed by atoms with E-state index in [1.165, 1.54) is 12.1 Å². The van der Waals surface area contributed by atoms with Gasteiger partial charge in [-0.15, -0.1) is 0 Å². The molecule has 118 valence electrons. The van der Waals surface area contributed by atoms with Gasteiger partial charge >= 0.3 is 6.18 Å². The molecule has 0 aromatic heterocycles. The predicted octanol–water partition coefficient (Wildman–Crippen LogP) is 3.09. The first kappa shape index (κ1) is 18.2. The van der Waals surface area contributed by atoms with Crippen LogP contribution in [0.4, 0.5) is 13.2 Å². The lowest BCUT2D eigenvalue weighted by atomic mass is 10.2. The lowest BCUT2D eigenvalue weighted by Crippen LogP contribution is -2.39. The fourth-order valence-electron chi connectivity index (χ4n) is 1.40. The molecule has 0 saturated heterocycles. The summed E-state index contributed by atoms with van der Waals surface area (Å²) in [5.41, 5.74) is 0. The van der Waals surface area contributed by atoms with Crippen molar-refractivity contribution < 1.29 is 26.4 Å². The molecule has 1 aromatic rings. The number of sulfonamides is 1. The molecule has 0 aliphatic carbocycles. The van der Waals surface area contributed by atoms with Crippen LogP contribution in [0.15, 0.2) is 29.2 Å². The van der Waals surface area contributed by atoms with Gasteiger partial charge in [0.15, 0.2) is 0 Å². The van der Waals surface area contributed by atoms with Crippen molar-refractivity contribution in [2.45, 2.75) is 30.0 Å². The van der Waals surface area contributed by atoms with E-state index < -0.39 is 40.3 Å². The van der Waals surface area contributed by atoms with Crippen LogP contribution in [0.2, 0.25) is 5.02 Å². The van der Waals surface area contributed by atoms with Crippen molar-refractivity contribution in [3.05, 3.63) is 29.3 Å². The van der Waals surface area contributed by atoms with Crippen LogP contribution in [0, 0.1) is 0 Å². The van der Waals surface area contributed by atoms with Gasteiger partial charge in [0.1, 0.15) is 0 Å². The summed E-state index contributed by atoms with van der Waals surface area (Å²) in [5, 5.41) is -0.923. The maximum Gasteiger partial charge on any atom is 0.389 e. The molecule has 0 aliphatic rings. The van der Waals surface area contributed by atoms with Crippen LogP contribution >= 0.6 is 23.2 Å². The molecule has 0 aliphatic heterocycles. The number of alkyl halides is 3. The minimum absolute atomic E-state index is 0.234. The van der Waals surface area contributed by atoms with Gasteiger partial charge in [-0.05, 0) is 42.3 Å². The van der Waals surface area contributed by atoms with Crippen molar-refractivity contribution in [1.82, 2.24) is 4.72 Å². The molecular weight excluding hydrogens is 354 g/mol. The molecule has 10 heteroatoms. The molecule has 0 amide bonds. The maximum atomic E-state index is 12.1. The first-order chi connectivity index (χ1) is 9.51. The predicted molar refractivity (Wildman–Crippen MR) is 71.7 cm³/mol. The molecule has 1 aromatic carbocycles. The standard InChI is InChI=1S/C11H10Cl2F3NO3S/c12-7-1-3-8(4-2-7)21(19,20)17-9(10(13)18)5-6-11(14,15)16/h1-4,9,17H,5-6H2/t9-/m1/s1. The van der Waals surface area contributed by atoms with E-state index >= 15 is 0 Å². The van der Waals surface area contributed by atoms with E-state index in [1.54, 1.807) is 0 Å². The van der Waals surface area contributed by atoms with Gasteiger partial charge in [0.05, 0.1) is 10.9 Å². The third-order valence-corrected chi connectivity index (χ3v) is 4.41. The molecule has 0 heterocycles. The summed E-state index contributed by atoms with van der Waals surface area (Å²) in [6.45, 7) is 0. The molecule has 1 N–H and O–H groups in total. The lowest BCUT2D eigenvalue weighted by Gasteiger charge is -2.16. The van der Waals surface area contributed by atoms with Crippen molar-refractivity contribution in [3.8, 4) is 0 Å².